The number of hydrogen-bond acceptors (Lipinski definition) is 5. The molecule has 3 saturated heterocycles. The second-order valence-electron chi connectivity index (χ2n) is 6.82. The van der Waals surface area contributed by atoms with Crippen LogP contribution < -0.4 is 0 Å². The molecule has 1 amide bonds. The molecule has 3 aliphatic rings. The fourth-order valence-corrected chi connectivity index (χ4v) is 3.95. The average Bonchev–Trinajstić information content (AvgIpc) is 3.05. The Bertz CT molecular complexity index is 431. The molecule has 0 unspecified atom stereocenters. The highest BCUT2D eigenvalue weighted by Gasteiger charge is 2.35. The van der Waals surface area contributed by atoms with Crippen molar-refractivity contribution in [3.63, 3.8) is 0 Å². The highest BCUT2D eigenvalue weighted by molar-refractivity contribution is 5.79. The van der Waals surface area contributed by atoms with Gasteiger partial charge in [0.05, 0.1) is 12.5 Å². The molecule has 7 nitrogen and oxygen atoms in total. The van der Waals surface area contributed by atoms with E-state index in [1.165, 1.54) is 0 Å². The van der Waals surface area contributed by atoms with Crippen LogP contribution in [-0.4, -0.2) is 96.8 Å². The minimum Gasteiger partial charge on any atom is -0.480 e. The molecule has 3 rings (SSSR count). The average molecular weight is 325 g/mol. The number of aliphatic carboxylic acids is 1. The number of ether oxygens (including phenoxy) is 1. The molecule has 0 aromatic carbocycles. The second-order valence-corrected chi connectivity index (χ2v) is 6.82. The van der Waals surface area contributed by atoms with Crippen LogP contribution in [0.4, 0.5) is 0 Å². The molecule has 3 aliphatic heterocycles. The van der Waals surface area contributed by atoms with Gasteiger partial charge in [0.2, 0.25) is 5.91 Å². The van der Waals surface area contributed by atoms with Crippen LogP contribution in [0, 0.1) is 5.92 Å². The molecule has 0 aliphatic carbocycles. The molecule has 0 bridgehead atoms. The maximum absolute atomic E-state index is 12.7. The van der Waals surface area contributed by atoms with E-state index in [2.05, 4.69) is 4.90 Å². The van der Waals surface area contributed by atoms with Crippen molar-refractivity contribution >= 4 is 11.9 Å². The molecule has 0 radical (unpaired) electrons. The van der Waals surface area contributed by atoms with Crippen LogP contribution in [0.5, 0.6) is 0 Å². The zero-order valence-corrected chi connectivity index (χ0v) is 13.7. The van der Waals surface area contributed by atoms with Gasteiger partial charge in [0.25, 0.3) is 0 Å². The van der Waals surface area contributed by atoms with Crippen molar-refractivity contribution < 1.29 is 19.4 Å². The number of piperazine rings is 1. The van der Waals surface area contributed by atoms with Crippen LogP contribution in [0.3, 0.4) is 0 Å². The normalized spacial score (nSPS) is 28.2. The molecule has 0 saturated carbocycles. The van der Waals surface area contributed by atoms with E-state index in [1.807, 2.05) is 9.80 Å². The van der Waals surface area contributed by atoms with Crippen LogP contribution in [0.25, 0.3) is 0 Å². The second kappa shape index (κ2) is 7.59. The van der Waals surface area contributed by atoms with Crippen LogP contribution in [0.2, 0.25) is 0 Å². The number of nitrogens with zero attached hydrogens (tertiary/aromatic N) is 3. The molecule has 130 valence electrons. The van der Waals surface area contributed by atoms with Gasteiger partial charge in [-0.1, -0.05) is 0 Å². The summed E-state index contributed by atoms with van der Waals surface area (Å²) in [6.45, 7) is 6.27. The Hall–Kier alpha value is -1.18. The molecule has 0 aromatic rings. The van der Waals surface area contributed by atoms with E-state index in [9.17, 15) is 9.59 Å². The predicted molar refractivity (Wildman–Crippen MR) is 84.2 cm³/mol. The number of likely N-dealkylation sites (tertiary alicyclic amines) is 1. The Balaban J connectivity index is 1.45. The Morgan fingerprint density at radius 3 is 2.35 bits per heavy atom. The van der Waals surface area contributed by atoms with Gasteiger partial charge in [-0.3, -0.25) is 19.4 Å². The highest BCUT2D eigenvalue weighted by atomic mass is 16.5. The molecule has 1 atom stereocenters. The molecule has 3 heterocycles. The standard InChI is InChI=1S/C16H27N3O4/c20-15(21)12-17-5-7-18(8-6-17)16(22)13-1-4-19(11-13)14-2-9-23-10-3-14/h13-14H,1-12H2,(H,20,21)/t13-/m0/s1. The Morgan fingerprint density at radius 2 is 1.70 bits per heavy atom. The van der Waals surface area contributed by atoms with Crippen molar-refractivity contribution in [1.82, 2.24) is 14.7 Å². The molecular weight excluding hydrogens is 298 g/mol. The van der Waals surface area contributed by atoms with Gasteiger partial charge >= 0.3 is 5.97 Å². The van der Waals surface area contributed by atoms with E-state index in [0.717, 1.165) is 45.6 Å². The molecular formula is C16H27N3O4. The number of amides is 1. The zero-order chi connectivity index (χ0) is 16.2. The van der Waals surface area contributed by atoms with Gasteiger partial charge in [-0.2, -0.15) is 0 Å². The van der Waals surface area contributed by atoms with Crippen LogP contribution >= 0.6 is 0 Å². The van der Waals surface area contributed by atoms with E-state index >= 15 is 0 Å². The maximum atomic E-state index is 12.7. The van der Waals surface area contributed by atoms with Gasteiger partial charge in [0.1, 0.15) is 0 Å². The first-order chi connectivity index (χ1) is 11.1. The Morgan fingerprint density at radius 1 is 1.00 bits per heavy atom. The van der Waals surface area contributed by atoms with Gasteiger partial charge in [-0.15, -0.1) is 0 Å². The summed E-state index contributed by atoms with van der Waals surface area (Å²) >= 11 is 0. The molecule has 3 fully saturated rings. The predicted octanol–water partition coefficient (Wildman–Crippen LogP) is -0.284. The fourth-order valence-electron chi connectivity index (χ4n) is 3.95. The molecule has 7 heteroatoms. The van der Waals surface area contributed by atoms with Crippen molar-refractivity contribution in [3.05, 3.63) is 0 Å². The monoisotopic (exact) mass is 325 g/mol. The first-order valence-corrected chi connectivity index (χ1v) is 8.68. The summed E-state index contributed by atoms with van der Waals surface area (Å²) in [4.78, 5) is 29.7. The first kappa shape index (κ1) is 16.7. The fraction of sp³-hybridized carbons (Fsp3) is 0.875. The van der Waals surface area contributed by atoms with Crippen molar-refractivity contribution in [2.45, 2.75) is 25.3 Å². The topological polar surface area (TPSA) is 73.3 Å². The molecule has 0 aromatic heterocycles. The van der Waals surface area contributed by atoms with Gasteiger partial charge < -0.3 is 14.7 Å². The third kappa shape index (κ3) is 4.22. The summed E-state index contributed by atoms with van der Waals surface area (Å²) in [6.07, 6.45) is 3.11. The number of hydrogen-bond donors (Lipinski definition) is 1. The number of carbonyl (C=O) groups excluding carboxylic acids is 1. The smallest absolute Gasteiger partial charge is 0.317 e. The SMILES string of the molecule is O=C(O)CN1CCN(C(=O)[C@H]2CCN(C3CCOCC3)C2)CC1. The summed E-state index contributed by atoms with van der Waals surface area (Å²) in [6, 6.07) is 0.578. The third-order valence-electron chi connectivity index (χ3n) is 5.32. The van der Waals surface area contributed by atoms with Crippen molar-refractivity contribution in [2.75, 3.05) is 59.0 Å². The van der Waals surface area contributed by atoms with E-state index in [0.29, 0.717) is 32.2 Å². The van der Waals surface area contributed by atoms with E-state index in [4.69, 9.17) is 9.84 Å². The van der Waals surface area contributed by atoms with Crippen LogP contribution in [-0.2, 0) is 14.3 Å². The molecule has 0 spiro atoms. The number of carboxylic acids is 1. The molecule has 1 N–H and O–H groups in total. The summed E-state index contributed by atoms with van der Waals surface area (Å²) in [5.41, 5.74) is 0. The minimum atomic E-state index is -0.798. The quantitative estimate of drug-likeness (QED) is 0.766. The van der Waals surface area contributed by atoms with Gasteiger partial charge in [0.15, 0.2) is 0 Å². The van der Waals surface area contributed by atoms with E-state index in [1.54, 1.807) is 0 Å². The van der Waals surface area contributed by atoms with Crippen LogP contribution in [0.15, 0.2) is 0 Å². The first-order valence-electron chi connectivity index (χ1n) is 8.68. The lowest BCUT2D eigenvalue weighted by atomic mass is 10.1. The Labute approximate surface area is 137 Å². The number of carboxylic acid groups (broad SMARTS) is 1. The van der Waals surface area contributed by atoms with Gasteiger partial charge in [0, 0.05) is 52.0 Å². The van der Waals surface area contributed by atoms with Crippen molar-refractivity contribution in [2.24, 2.45) is 5.92 Å². The lowest BCUT2D eigenvalue weighted by molar-refractivity contribution is -0.140. The van der Waals surface area contributed by atoms with E-state index in [-0.39, 0.29) is 18.4 Å². The van der Waals surface area contributed by atoms with Gasteiger partial charge in [-0.25, -0.2) is 0 Å². The summed E-state index contributed by atoms with van der Waals surface area (Å²) in [7, 11) is 0. The Kier molecular flexibility index (Phi) is 5.50. The largest absolute Gasteiger partial charge is 0.480 e. The minimum absolute atomic E-state index is 0.0724. The van der Waals surface area contributed by atoms with E-state index < -0.39 is 5.97 Å². The highest BCUT2D eigenvalue weighted by Crippen LogP contribution is 2.25. The zero-order valence-electron chi connectivity index (χ0n) is 13.7. The lowest BCUT2D eigenvalue weighted by Gasteiger charge is -2.35. The molecule has 23 heavy (non-hydrogen) atoms. The summed E-state index contributed by atoms with van der Waals surface area (Å²) in [5.74, 6) is -0.425. The summed E-state index contributed by atoms with van der Waals surface area (Å²) in [5, 5.41) is 8.83. The number of rotatable bonds is 4. The van der Waals surface area contributed by atoms with Crippen molar-refractivity contribution in [1.29, 1.82) is 0 Å². The van der Waals surface area contributed by atoms with Crippen molar-refractivity contribution in [3.8, 4) is 0 Å². The third-order valence-corrected chi connectivity index (χ3v) is 5.32. The number of carbonyl (C=O) groups is 2. The van der Waals surface area contributed by atoms with Crippen LogP contribution in [0.1, 0.15) is 19.3 Å². The van der Waals surface area contributed by atoms with Gasteiger partial charge in [-0.05, 0) is 25.8 Å². The maximum Gasteiger partial charge on any atom is 0.317 e. The summed E-state index contributed by atoms with van der Waals surface area (Å²) < 4.78 is 5.42. The lowest BCUT2D eigenvalue weighted by Crippen LogP contribution is -2.51.